The van der Waals surface area contributed by atoms with Crippen molar-refractivity contribution in [3.05, 3.63) is 41.0 Å². The SMILES string of the molecule is Clc1ccc(CNC2CCSCC2)c2ncccc12. The molecule has 1 fully saturated rings. The number of nitrogens with one attached hydrogen (secondary N) is 1. The average Bonchev–Trinajstić information content (AvgIpc) is 2.48. The van der Waals surface area contributed by atoms with Gasteiger partial charge in [-0.1, -0.05) is 17.7 Å². The largest absolute Gasteiger partial charge is 0.310 e. The second kappa shape index (κ2) is 6.12. The van der Waals surface area contributed by atoms with Crippen LogP contribution in [0.25, 0.3) is 10.9 Å². The predicted octanol–water partition coefficient (Wildman–Crippen LogP) is 3.87. The van der Waals surface area contributed by atoms with Crippen molar-refractivity contribution in [1.82, 2.24) is 10.3 Å². The van der Waals surface area contributed by atoms with E-state index in [9.17, 15) is 0 Å². The van der Waals surface area contributed by atoms with E-state index in [1.807, 2.05) is 24.4 Å². The monoisotopic (exact) mass is 292 g/mol. The van der Waals surface area contributed by atoms with Crippen LogP contribution in [0.1, 0.15) is 18.4 Å². The van der Waals surface area contributed by atoms with Gasteiger partial charge in [0.2, 0.25) is 0 Å². The van der Waals surface area contributed by atoms with Crippen LogP contribution in [-0.4, -0.2) is 22.5 Å². The van der Waals surface area contributed by atoms with Gasteiger partial charge in [-0.25, -0.2) is 0 Å². The predicted molar refractivity (Wildman–Crippen MR) is 83.9 cm³/mol. The molecule has 19 heavy (non-hydrogen) atoms. The highest BCUT2D eigenvalue weighted by molar-refractivity contribution is 7.99. The van der Waals surface area contributed by atoms with Gasteiger partial charge in [-0.05, 0) is 48.1 Å². The number of fused-ring (bicyclic) bond motifs is 1. The van der Waals surface area contributed by atoms with E-state index >= 15 is 0 Å². The van der Waals surface area contributed by atoms with Gasteiger partial charge >= 0.3 is 0 Å². The molecule has 0 spiro atoms. The Kier molecular flexibility index (Phi) is 4.26. The van der Waals surface area contributed by atoms with Crippen LogP contribution in [0.2, 0.25) is 5.02 Å². The van der Waals surface area contributed by atoms with Crippen molar-refractivity contribution in [3.8, 4) is 0 Å². The first-order chi connectivity index (χ1) is 9.34. The molecule has 3 rings (SSSR count). The third-order valence-corrected chi connectivity index (χ3v) is 4.98. The summed E-state index contributed by atoms with van der Waals surface area (Å²) in [5.74, 6) is 2.55. The molecular formula is C15H17ClN2S. The van der Waals surface area contributed by atoms with Gasteiger partial charge in [0.15, 0.2) is 0 Å². The number of nitrogens with zero attached hydrogens (tertiary/aromatic N) is 1. The van der Waals surface area contributed by atoms with Crippen molar-refractivity contribution in [3.63, 3.8) is 0 Å². The fraction of sp³-hybridized carbons (Fsp3) is 0.400. The van der Waals surface area contributed by atoms with Gasteiger partial charge < -0.3 is 5.32 Å². The molecule has 2 aromatic rings. The van der Waals surface area contributed by atoms with Gasteiger partial charge in [-0.3, -0.25) is 4.98 Å². The topological polar surface area (TPSA) is 24.9 Å². The number of halogens is 1. The molecule has 4 heteroatoms. The zero-order chi connectivity index (χ0) is 13.1. The molecule has 1 N–H and O–H groups in total. The van der Waals surface area contributed by atoms with Crippen molar-refractivity contribution >= 4 is 34.3 Å². The third-order valence-electron chi connectivity index (χ3n) is 3.60. The van der Waals surface area contributed by atoms with E-state index in [0.29, 0.717) is 6.04 Å². The van der Waals surface area contributed by atoms with Crippen LogP contribution in [0.4, 0.5) is 0 Å². The molecule has 0 saturated carbocycles. The number of aromatic nitrogens is 1. The van der Waals surface area contributed by atoms with E-state index in [1.165, 1.54) is 29.9 Å². The number of rotatable bonds is 3. The smallest absolute Gasteiger partial charge is 0.0761 e. The van der Waals surface area contributed by atoms with E-state index in [-0.39, 0.29) is 0 Å². The lowest BCUT2D eigenvalue weighted by atomic mass is 10.1. The molecule has 1 aliphatic rings. The molecule has 0 bridgehead atoms. The molecule has 0 atom stereocenters. The van der Waals surface area contributed by atoms with E-state index in [0.717, 1.165) is 22.5 Å². The maximum atomic E-state index is 6.21. The van der Waals surface area contributed by atoms with Gasteiger partial charge in [0.05, 0.1) is 5.52 Å². The minimum atomic E-state index is 0.649. The molecule has 0 radical (unpaired) electrons. The summed E-state index contributed by atoms with van der Waals surface area (Å²) in [5, 5.41) is 5.48. The Bertz CT molecular complexity index is 567. The van der Waals surface area contributed by atoms with Crippen molar-refractivity contribution in [2.24, 2.45) is 0 Å². The maximum absolute atomic E-state index is 6.21. The Balaban J connectivity index is 1.79. The van der Waals surface area contributed by atoms with Gasteiger partial charge in [0.25, 0.3) is 0 Å². The van der Waals surface area contributed by atoms with E-state index in [4.69, 9.17) is 11.6 Å². The van der Waals surface area contributed by atoms with Crippen LogP contribution in [0.3, 0.4) is 0 Å². The summed E-state index contributed by atoms with van der Waals surface area (Å²) < 4.78 is 0. The van der Waals surface area contributed by atoms with E-state index in [2.05, 4.69) is 28.1 Å². The van der Waals surface area contributed by atoms with Crippen LogP contribution in [-0.2, 0) is 6.54 Å². The zero-order valence-electron chi connectivity index (χ0n) is 10.7. The summed E-state index contributed by atoms with van der Waals surface area (Å²) >= 11 is 8.27. The molecular weight excluding hydrogens is 276 g/mol. The molecule has 100 valence electrons. The average molecular weight is 293 g/mol. The van der Waals surface area contributed by atoms with E-state index in [1.54, 1.807) is 0 Å². The number of thioether (sulfide) groups is 1. The summed E-state index contributed by atoms with van der Waals surface area (Å²) in [6.07, 6.45) is 4.37. The molecule has 0 amide bonds. The number of hydrogen-bond donors (Lipinski definition) is 1. The fourth-order valence-corrected chi connectivity index (χ4v) is 3.82. The summed E-state index contributed by atoms with van der Waals surface area (Å²) in [4.78, 5) is 4.48. The maximum Gasteiger partial charge on any atom is 0.0761 e. The van der Waals surface area contributed by atoms with Crippen molar-refractivity contribution < 1.29 is 0 Å². The number of hydrogen-bond acceptors (Lipinski definition) is 3. The second-order valence-electron chi connectivity index (χ2n) is 4.87. The molecule has 1 saturated heterocycles. The molecule has 1 aromatic carbocycles. The van der Waals surface area contributed by atoms with Crippen LogP contribution in [0.5, 0.6) is 0 Å². The highest BCUT2D eigenvalue weighted by atomic mass is 35.5. The quantitative estimate of drug-likeness (QED) is 0.929. The first-order valence-electron chi connectivity index (χ1n) is 6.68. The number of pyridine rings is 1. The highest BCUT2D eigenvalue weighted by Crippen LogP contribution is 2.25. The minimum Gasteiger partial charge on any atom is -0.310 e. The first kappa shape index (κ1) is 13.2. The van der Waals surface area contributed by atoms with Crippen LogP contribution in [0.15, 0.2) is 30.5 Å². The Morgan fingerprint density at radius 1 is 1.26 bits per heavy atom. The molecule has 2 heterocycles. The van der Waals surface area contributed by atoms with Crippen molar-refractivity contribution in [1.29, 1.82) is 0 Å². The lowest BCUT2D eigenvalue weighted by Crippen LogP contribution is -2.32. The summed E-state index contributed by atoms with van der Waals surface area (Å²) in [6, 6.07) is 8.67. The van der Waals surface area contributed by atoms with Gasteiger partial charge in [0.1, 0.15) is 0 Å². The standard InChI is InChI=1S/C15H17ClN2S/c16-14-4-3-11(15-13(14)2-1-7-17-15)10-18-12-5-8-19-9-6-12/h1-4,7,12,18H,5-6,8-10H2. The lowest BCUT2D eigenvalue weighted by Gasteiger charge is -2.22. The molecule has 1 aromatic heterocycles. The Labute approximate surface area is 122 Å². The summed E-state index contributed by atoms with van der Waals surface area (Å²) in [6.45, 7) is 0.875. The Hall–Kier alpha value is -0.770. The number of benzene rings is 1. The van der Waals surface area contributed by atoms with Crippen molar-refractivity contribution in [2.75, 3.05) is 11.5 Å². The van der Waals surface area contributed by atoms with Crippen LogP contribution >= 0.6 is 23.4 Å². The molecule has 1 aliphatic heterocycles. The van der Waals surface area contributed by atoms with Gasteiger partial charge in [-0.15, -0.1) is 0 Å². The highest BCUT2D eigenvalue weighted by Gasteiger charge is 2.13. The van der Waals surface area contributed by atoms with Crippen molar-refractivity contribution in [2.45, 2.75) is 25.4 Å². The molecule has 0 unspecified atom stereocenters. The Morgan fingerprint density at radius 2 is 2.11 bits per heavy atom. The first-order valence-corrected chi connectivity index (χ1v) is 8.21. The minimum absolute atomic E-state index is 0.649. The summed E-state index contributed by atoms with van der Waals surface area (Å²) in [7, 11) is 0. The summed E-state index contributed by atoms with van der Waals surface area (Å²) in [5.41, 5.74) is 2.26. The van der Waals surface area contributed by atoms with Gasteiger partial charge in [0, 0.05) is 29.2 Å². The molecule has 0 aliphatic carbocycles. The van der Waals surface area contributed by atoms with Crippen LogP contribution < -0.4 is 5.32 Å². The normalized spacial score (nSPS) is 16.9. The Morgan fingerprint density at radius 3 is 2.95 bits per heavy atom. The van der Waals surface area contributed by atoms with Gasteiger partial charge in [-0.2, -0.15) is 11.8 Å². The third kappa shape index (κ3) is 3.04. The lowest BCUT2D eigenvalue weighted by molar-refractivity contribution is 0.483. The zero-order valence-corrected chi connectivity index (χ0v) is 12.3. The molecule has 2 nitrogen and oxygen atoms in total. The second-order valence-corrected chi connectivity index (χ2v) is 6.51. The van der Waals surface area contributed by atoms with E-state index < -0.39 is 0 Å². The van der Waals surface area contributed by atoms with Crippen LogP contribution in [0, 0.1) is 0 Å². The fourth-order valence-electron chi connectivity index (χ4n) is 2.50.